The number of pyridine rings is 1. The predicted molar refractivity (Wildman–Crippen MR) is 98.7 cm³/mol. The molecule has 6 nitrogen and oxygen atoms in total. The minimum Gasteiger partial charge on any atom is -0.348 e. The average molecular weight is 350 g/mol. The van der Waals surface area contributed by atoms with Crippen LogP contribution in [0.2, 0.25) is 0 Å². The topological polar surface area (TPSA) is 80.2 Å². The van der Waals surface area contributed by atoms with Crippen molar-refractivity contribution in [2.24, 2.45) is 0 Å². The maximum Gasteiger partial charge on any atom is 0.266 e. The quantitative estimate of drug-likeness (QED) is 0.901. The second kappa shape index (κ2) is 7.54. The first kappa shape index (κ1) is 17.9. The van der Waals surface area contributed by atoms with Gasteiger partial charge < -0.3 is 9.88 Å². The Morgan fingerprint density at radius 3 is 2.65 bits per heavy atom. The highest BCUT2D eigenvalue weighted by Crippen LogP contribution is 2.24. The van der Waals surface area contributed by atoms with Gasteiger partial charge in [0.1, 0.15) is 11.6 Å². The summed E-state index contributed by atoms with van der Waals surface area (Å²) in [4.78, 5) is 30.9. The third kappa shape index (κ3) is 3.68. The fourth-order valence-corrected chi connectivity index (χ4v) is 3.32. The first-order valence-electron chi connectivity index (χ1n) is 8.63. The number of benzene rings is 1. The first-order valence-corrected chi connectivity index (χ1v) is 8.63. The highest BCUT2D eigenvalue weighted by atomic mass is 16.2. The van der Waals surface area contributed by atoms with Crippen LogP contribution >= 0.6 is 0 Å². The molecule has 0 unspecified atom stereocenters. The van der Waals surface area contributed by atoms with Crippen molar-refractivity contribution in [3.63, 3.8) is 0 Å². The maximum atomic E-state index is 12.3. The number of fused-ring (bicyclic) bond motifs is 1. The van der Waals surface area contributed by atoms with Crippen LogP contribution in [-0.4, -0.2) is 47.9 Å². The zero-order valence-electron chi connectivity index (χ0n) is 15.1. The molecule has 1 aromatic carbocycles. The molecule has 2 heterocycles. The SMILES string of the molecule is CN(C)C(=O)CN1CCc2c(c(Cc3ccccc3)[nH]c(=O)c2C#N)C1. The molecular weight excluding hydrogens is 328 g/mol. The summed E-state index contributed by atoms with van der Waals surface area (Å²) in [5, 5.41) is 9.39. The summed E-state index contributed by atoms with van der Waals surface area (Å²) in [6, 6.07) is 12.0. The Hall–Kier alpha value is -2.91. The zero-order chi connectivity index (χ0) is 18.7. The summed E-state index contributed by atoms with van der Waals surface area (Å²) in [5.41, 5.74) is 3.61. The molecule has 3 rings (SSSR count). The predicted octanol–water partition coefficient (Wildman–Crippen LogP) is 1.28. The monoisotopic (exact) mass is 350 g/mol. The number of nitrogens with zero attached hydrogens (tertiary/aromatic N) is 3. The number of aromatic nitrogens is 1. The van der Waals surface area contributed by atoms with Crippen molar-refractivity contribution in [2.75, 3.05) is 27.2 Å². The van der Waals surface area contributed by atoms with Crippen LogP contribution in [0.1, 0.15) is 27.9 Å². The van der Waals surface area contributed by atoms with Crippen LogP contribution in [0.5, 0.6) is 0 Å². The normalized spacial score (nSPS) is 13.7. The molecule has 1 aromatic heterocycles. The Morgan fingerprint density at radius 1 is 1.27 bits per heavy atom. The van der Waals surface area contributed by atoms with E-state index < -0.39 is 0 Å². The van der Waals surface area contributed by atoms with Crippen molar-refractivity contribution < 1.29 is 4.79 Å². The highest BCUT2D eigenvalue weighted by Gasteiger charge is 2.25. The van der Waals surface area contributed by atoms with Crippen LogP contribution in [0.3, 0.4) is 0 Å². The van der Waals surface area contributed by atoms with Gasteiger partial charge in [0.2, 0.25) is 5.91 Å². The van der Waals surface area contributed by atoms with Gasteiger partial charge in [-0.05, 0) is 23.1 Å². The third-order valence-electron chi connectivity index (χ3n) is 4.77. The van der Waals surface area contributed by atoms with Crippen molar-refractivity contribution in [1.82, 2.24) is 14.8 Å². The molecule has 0 aliphatic carbocycles. The number of H-pyrrole nitrogens is 1. The molecule has 0 fully saturated rings. The van der Waals surface area contributed by atoms with Gasteiger partial charge in [-0.1, -0.05) is 30.3 Å². The number of aromatic amines is 1. The lowest BCUT2D eigenvalue weighted by molar-refractivity contribution is -0.130. The smallest absolute Gasteiger partial charge is 0.266 e. The molecule has 2 aromatic rings. The first-order chi connectivity index (χ1) is 12.5. The molecular formula is C20H22N4O2. The molecule has 26 heavy (non-hydrogen) atoms. The van der Waals surface area contributed by atoms with E-state index in [0.29, 0.717) is 32.5 Å². The van der Waals surface area contributed by atoms with Crippen molar-refractivity contribution >= 4 is 5.91 Å². The van der Waals surface area contributed by atoms with E-state index in [1.807, 2.05) is 30.3 Å². The lowest BCUT2D eigenvalue weighted by Gasteiger charge is -2.30. The Labute approximate surface area is 152 Å². The Kier molecular flexibility index (Phi) is 5.19. The summed E-state index contributed by atoms with van der Waals surface area (Å²) in [6.07, 6.45) is 1.20. The molecule has 0 spiro atoms. The fourth-order valence-electron chi connectivity index (χ4n) is 3.32. The van der Waals surface area contributed by atoms with Gasteiger partial charge in [0.25, 0.3) is 5.56 Å². The minimum atomic E-state index is -0.324. The number of hydrogen-bond acceptors (Lipinski definition) is 4. The number of hydrogen-bond donors (Lipinski definition) is 1. The molecule has 1 aliphatic rings. The largest absolute Gasteiger partial charge is 0.348 e. The van der Waals surface area contributed by atoms with Gasteiger partial charge in [0.05, 0.1) is 6.54 Å². The van der Waals surface area contributed by atoms with Crippen LogP contribution in [0.4, 0.5) is 0 Å². The number of carbonyl (C=O) groups is 1. The molecule has 1 N–H and O–H groups in total. The summed E-state index contributed by atoms with van der Waals surface area (Å²) in [7, 11) is 3.48. The van der Waals surface area contributed by atoms with E-state index in [-0.39, 0.29) is 17.0 Å². The number of amides is 1. The fraction of sp³-hybridized carbons (Fsp3) is 0.350. The molecule has 0 saturated carbocycles. The standard InChI is InChI=1S/C20H22N4O2/c1-23(2)19(25)13-24-9-8-15-16(11-21)20(26)22-18(17(15)12-24)10-14-6-4-3-5-7-14/h3-7H,8-10,12-13H2,1-2H3,(H,22,26). The summed E-state index contributed by atoms with van der Waals surface area (Å²) >= 11 is 0. The second-order valence-corrected chi connectivity index (χ2v) is 6.79. The maximum absolute atomic E-state index is 12.3. The van der Waals surface area contributed by atoms with E-state index in [2.05, 4.69) is 16.0 Å². The van der Waals surface area contributed by atoms with Crippen LogP contribution in [0, 0.1) is 11.3 Å². The summed E-state index contributed by atoms with van der Waals surface area (Å²) in [5.74, 6) is 0.0444. The Balaban J connectivity index is 1.97. The van der Waals surface area contributed by atoms with E-state index in [0.717, 1.165) is 22.4 Å². The number of likely N-dealkylation sites (N-methyl/N-ethyl adjacent to an activating group) is 1. The van der Waals surface area contributed by atoms with Crippen LogP contribution in [-0.2, 0) is 24.2 Å². The molecule has 0 bridgehead atoms. The molecule has 1 aliphatic heterocycles. The average Bonchev–Trinajstić information content (AvgIpc) is 2.63. The van der Waals surface area contributed by atoms with Gasteiger partial charge in [-0.15, -0.1) is 0 Å². The van der Waals surface area contributed by atoms with Crippen molar-refractivity contribution in [3.8, 4) is 6.07 Å². The van der Waals surface area contributed by atoms with Crippen molar-refractivity contribution in [3.05, 3.63) is 68.6 Å². The van der Waals surface area contributed by atoms with Gasteiger partial charge >= 0.3 is 0 Å². The minimum absolute atomic E-state index is 0.0444. The number of rotatable bonds is 4. The van der Waals surface area contributed by atoms with Gasteiger partial charge in [0, 0.05) is 39.3 Å². The molecule has 0 radical (unpaired) electrons. The van der Waals surface area contributed by atoms with E-state index in [1.165, 1.54) is 0 Å². The van der Waals surface area contributed by atoms with Gasteiger partial charge in [0.15, 0.2) is 0 Å². The van der Waals surface area contributed by atoms with Gasteiger partial charge in [-0.3, -0.25) is 14.5 Å². The van der Waals surface area contributed by atoms with Crippen LogP contribution in [0.15, 0.2) is 35.1 Å². The van der Waals surface area contributed by atoms with Gasteiger partial charge in [-0.2, -0.15) is 5.26 Å². The Bertz CT molecular complexity index is 910. The van der Waals surface area contributed by atoms with E-state index >= 15 is 0 Å². The van der Waals surface area contributed by atoms with E-state index in [1.54, 1.807) is 19.0 Å². The van der Waals surface area contributed by atoms with E-state index in [4.69, 9.17) is 0 Å². The molecule has 0 saturated heterocycles. The summed E-state index contributed by atoms with van der Waals surface area (Å²) < 4.78 is 0. The lowest BCUT2D eigenvalue weighted by atomic mass is 9.92. The lowest BCUT2D eigenvalue weighted by Crippen LogP contribution is -2.40. The highest BCUT2D eigenvalue weighted by molar-refractivity contribution is 5.77. The second-order valence-electron chi connectivity index (χ2n) is 6.79. The van der Waals surface area contributed by atoms with E-state index in [9.17, 15) is 14.9 Å². The van der Waals surface area contributed by atoms with Gasteiger partial charge in [-0.25, -0.2) is 0 Å². The summed E-state index contributed by atoms with van der Waals surface area (Å²) in [6.45, 7) is 1.55. The Morgan fingerprint density at radius 2 is 2.00 bits per heavy atom. The zero-order valence-corrected chi connectivity index (χ0v) is 15.1. The number of nitrogens with one attached hydrogen (secondary N) is 1. The number of carbonyl (C=O) groups excluding carboxylic acids is 1. The van der Waals surface area contributed by atoms with Crippen molar-refractivity contribution in [2.45, 2.75) is 19.4 Å². The third-order valence-corrected chi connectivity index (χ3v) is 4.77. The molecule has 0 atom stereocenters. The molecule has 134 valence electrons. The molecule has 1 amide bonds. The van der Waals surface area contributed by atoms with Crippen molar-refractivity contribution in [1.29, 1.82) is 5.26 Å². The van der Waals surface area contributed by atoms with Crippen LogP contribution in [0.25, 0.3) is 0 Å². The molecule has 6 heteroatoms. The van der Waals surface area contributed by atoms with Crippen LogP contribution < -0.4 is 5.56 Å². The number of nitriles is 1.